The third-order valence-corrected chi connectivity index (χ3v) is 1.00. The highest BCUT2D eigenvalue weighted by Gasteiger charge is 1.73. The Balaban J connectivity index is 3.53. The lowest BCUT2D eigenvalue weighted by Crippen LogP contribution is -1.62. The monoisotopic (exact) mass is 137 g/mol. The summed E-state index contributed by atoms with van der Waals surface area (Å²) < 4.78 is 0. The summed E-state index contributed by atoms with van der Waals surface area (Å²) in [5, 5.41) is 2.48. The van der Waals surface area contributed by atoms with Gasteiger partial charge in [-0.1, -0.05) is 19.1 Å². The predicted molar refractivity (Wildman–Crippen MR) is 41.5 cm³/mol. The van der Waals surface area contributed by atoms with E-state index in [1.807, 2.05) is 6.08 Å². The van der Waals surface area contributed by atoms with Crippen LogP contribution in [0.25, 0.3) is 0 Å². The Bertz CT molecular complexity index is 172. The molecule has 2 nitrogen and oxygen atoms in total. The zero-order valence-electron chi connectivity index (χ0n) is 6.13. The van der Waals surface area contributed by atoms with Crippen LogP contribution in [0.4, 0.5) is 0 Å². The van der Waals surface area contributed by atoms with Crippen LogP contribution >= 0.6 is 0 Å². The Morgan fingerprint density at radius 1 is 1.50 bits per heavy atom. The minimum Gasteiger partial charge on any atom is -0.145 e. The van der Waals surface area contributed by atoms with E-state index in [9.17, 15) is 4.91 Å². The highest BCUT2D eigenvalue weighted by molar-refractivity contribution is 4.85. The summed E-state index contributed by atoms with van der Waals surface area (Å²) in [5.41, 5.74) is 5.18. The average molecular weight is 137 g/mol. The van der Waals surface area contributed by atoms with Crippen LogP contribution in [-0.2, 0) is 0 Å². The molecule has 54 valence electrons. The van der Waals surface area contributed by atoms with Crippen LogP contribution < -0.4 is 0 Å². The van der Waals surface area contributed by atoms with Gasteiger partial charge in [-0.15, -0.1) is 4.91 Å². The van der Waals surface area contributed by atoms with Crippen molar-refractivity contribution in [1.82, 2.24) is 0 Å². The van der Waals surface area contributed by atoms with E-state index >= 15 is 0 Å². The molecule has 0 N–H and O–H groups in total. The van der Waals surface area contributed by atoms with Crippen molar-refractivity contribution in [3.05, 3.63) is 28.6 Å². The molecule has 0 aromatic rings. The van der Waals surface area contributed by atoms with Gasteiger partial charge >= 0.3 is 0 Å². The van der Waals surface area contributed by atoms with Crippen LogP contribution in [0.2, 0.25) is 0 Å². The van der Waals surface area contributed by atoms with E-state index in [0.717, 1.165) is 19.0 Å². The summed E-state index contributed by atoms with van der Waals surface area (Å²) in [7, 11) is 0. The minimum absolute atomic E-state index is 0.996. The molecule has 0 aromatic carbocycles. The molecule has 0 amide bonds. The van der Waals surface area contributed by atoms with Crippen LogP contribution in [0.3, 0.4) is 0 Å². The maximum atomic E-state index is 9.47. The second kappa shape index (κ2) is 7.90. The van der Waals surface area contributed by atoms with E-state index < -0.39 is 0 Å². The van der Waals surface area contributed by atoms with Crippen LogP contribution in [0.15, 0.2) is 28.9 Å². The van der Waals surface area contributed by atoms with Crippen LogP contribution in [0, 0.1) is 4.91 Å². The molecule has 0 saturated heterocycles. The molecule has 2 heteroatoms. The molecular formula is C8H11NO. The van der Waals surface area contributed by atoms with Crippen LogP contribution in [0.5, 0.6) is 0 Å². The van der Waals surface area contributed by atoms with E-state index in [0.29, 0.717) is 0 Å². The molecule has 0 bridgehead atoms. The minimum atomic E-state index is 0.996. The van der Waals surface area contributed by atoms with Crippen molar-refractivity contribution in [1.29, 1.82) is 0 Å². The Labute approximate surface area is 60.9 Å². The normalized spacial score (nSPS) is 7.30. The lowest BCUT2D eigenvalue weighted by Gasteiger charge is -1.81. The standard InChI is InChI=1S/C8H11NO/c1-2-3-4-5-6-7-8-9-10/h5,8H,2-4H2,1H3. The molecule has 0 atom stereocenters. The largest absolute Gasteiger partial charge is 0.145 e. The summed E-state index contributed by atoms with van der Waals surface area (Å²) in [6.07, 6.45) is 6.24. The zero-order chi connectivity index (χ0) is 7.66. The van der Waals surface area contributed by atoms with Gasteiger partial charge in [-0.05, 0) is 29.8 Å². The Kier molecular flexibility index (Phi) is 7.03. The highest BCUT2D eigenvalue weighted by atomic mass is 16.2. The number of hydrogen-bond donors (Lipinski definition) is 0. The van der Waals surface area contributed by atoms with Gasteiger partial charge in [0.15, 0.2) is 0 Å². The molecule has 0 spiro atoms. The second-order valence-electron chi connectivity index (χ2n) is 1.87. The van der Waals surface area contributed by atoms with Crippen molar-refractivity contribution in [3.8, 4) is 0 Å². The molecule has 0 aromatic heterocycles. The van der Waals surface area contributed by atoms with E-state index in [1.54, 1.807) is 0 Å². The van der Waals surface area contributed by atoms with Crippen LogP contribution in [-0.4, -0.2) is 0 Å². The summed E-state index contributed by atoms with van der Waals surface area (Å²) in [6, 6.07) is 0. The summed E-state index contributed by atoms with van der Waals surface area (Å²) in [4.78, 5) is 9.47. The Morgan fingerprint density at radius 3 is 2.90 bits per heavy atom. The maximum absolute atomic E-state index is 9.47. The number of unbranched alkanes of at least 4 members (excludes halogenated alkanes) is 2. The van der Waals surface area contributed by atoms with Crippen molar-refractivity contribution in [2.75, 3.05) is 0 Å². The van der Waals surface area contributed by atoms with E-state index in [1.165, 1.54) is 6.42 Å². The maximum Gasteiger partial charge on any atom is 0.122 e. The van der Waals surface area contributed by atoms with E-state index in [4.69, 9.17) is 0 Å². The quantitative estimate of drug-likeness (QED) is 0.333. The molecular weight excluding hydrogens is 126 g/mol. The molecule has 0 heterocycles. The molecule has 0 saturated carbocycles. The fraction of sp³-hybridized carbons (Fsp3) is 0.500. The van der Waals surface area contributed by atoms with Crippen molar-refractivity contribution in [2.45, 2.75) is 26.2 Å². The lowest BCUT2D eigenvalue weighted by molar-refractivity contribution is 0.815. The van der Waals surface area contributed by atoms with Gasteiger partial charge in [0.1, 0.15) is 6.20 Å². The van der Waals surface area contributed by atoms with E-state index in [-0.39, 0.29) is 0 Å². The number of allylic oxidation sites excluding steroid dienone is 1. The first-order valence-corrected chi connectivity index (χ1v) is 3.38. The second-order valence-corrected chi connectivity index (χ2v) is 1.87. The smallest absolute Gasteiger partial charge is 0.122 e. The van der Waals surface area contributed by atoms with Crippen molar-refractivity contribution >= 4 is 0 Å². The van der Waals surface area contributed by atoms with Crippen molar-refractivity contribution in [3.63, 3.8) is 0 Å². The Hall–Kier alpha value is -1.10. The fourth-order valence-electron chi connectivity index (χ4n) is 0.501. The molecule has 10 heavy (non-hydrogen) atoms. The molecule has 0 unspecified atom stereocenters. The third kappa shape index (κ3) is 6.90. The van der Waals surface area contributed by atoms with Gasteiger partial charge in [0.05, 0.1) is 0 Å². The molecule has 0 aliphatic heterocycles. The molecule has 0 rings (SSSR count). The van der Waals surface area contributed by atoms with Gasteiger partial charge in [-0.3, -0.25) is 0 Å². The van der Waals surface area contributed by atoms with Crippen LogP contribution in [0.1, 0.15) is 26.2 Å². The van der Waals surface area contributed by atoms with Crippen molar-refractivity contribution < 1.29 is 0 Å². The van der Waals surface area contributed by atoms with Crippen molar-refractivity contribution in [2.24, 2.45) is 5.18 Å². The molecule has 0 radical (unpaired) electrons. The predicted octanol–water partition coefficient (Wildman–Crippen LogP) is 2.77. The first-order valence-electron chi connectivity index (χ1n) is 3.38. The third-order valence-electron chi connectivity index (χ3n) is 1.00. The summed E-state index contributed by atoms with van der Waals surface area (Å²) in [6.45, 7) is 2.13. The summed E-state index contributed by atoms with van der Waals surface area (Å²) >= 11 is 0. The van der Waals surface area contributed by atoms with E-state index in [2.05, 4.69) is 23.6 Å². The molecule has 0 fully saturated rings. The Morgan fingerprint density at radius 2 is 2.30 bits per heavy atom. The van der Waals surface area contributed by atoms with Gasteiger partial charge in [0, 0.05) is 0 Å². The zero-order valence-corrected chi connectivity index (χ0v) is 6.13. The molecule has 0 aliphatic rings. The summed E-state index contributed by atoms with van der Waals surface area (Å²) in [5.74, 6) is 0. The van der Waals surface area contributed by atoms with Gasteiger partial charge < -0.3 is 0 Å². The van der Waals surface area contributed by atoms with Gasteiger partial charge in [0.25, 0.3) is 0 Å². The fourth-order valence-corrected chi connectivity index (χ4v) is 0.501. The average Bonchev–Trinajstić information content (AvgIpc) is 1.97. The number of nitroso groups, excluding NO2 is 1. The SMILES string of the molecule is CCCCC=C=C=CN=O. The number of nitrogens with zero attached hydrogens (tertiary/aromatic N) is 1. The van der Waals surface area contributed by atoms with Gasteiger partial charge in [0.2, 0.25) is 0 Å². The number of hydrogen-bond acceptors (Lipinski definition) is 2. The van der Waals surface area contributed by atoms with Gasteiger partial charge in [-0.2, -0.15) is 0 Å². The first-order chi connectivity index (χ1) is 4.91. The highest BCUT2D eigenvalue weighted by Crippen LogP contribution is 1.92. The number of rotatable bonds is 4. The lowest BCUT2D eigenvalue weighted by atomic mass is 10.2. The topological polar surface area (TPSA) is 29.4 Å². The molecule has 0 aliphatic carbocycles. The first kappa shape index (κ1) is 8.90. The van der Waals surface area contributed by atoms with Gasteiger partial charge in [-0.25, -0.2) is 0 Å².